The molecule has 122 valence electrons. The number of rotatable bonds is 3. The van der Waals surface area contributed by atoms with Crippen molar-refractivity contribution in [2.75, 3.05) is 4.90 Å². The zero-order chi connectivity index (χ0) is 17.1. The van der Waals surface area contributed by atoms with Crippen molar-refractivity contribution < 1.29 is 0 Å². The fraction of sp³-hybridized carbons (Fsp3) is 0.0870. The van der Waals surface area contributed by atoms with Gasteiger partial charge in [-0.05, 0) is 30.2 Å². The van der Waals surface area contributed by atoms with Gasteiger partial charge in [-0.2, -0.15) is 0 Å². The van der Waals surface area contributed by atoms with Crippen LogP contribution in [0.3, 0.4) is 0 Å². The Bertz CT molecular complexity index is 897. The first-order chi connectivity index (χ1) is 12.3. The second kappa shape index (κ2) is 6.78. The van der Waals surface area contributed by atoms with Crippen molar-refractivity contribution in [2.45, 2.75) is 13.1 Å². The molecule has 0 saturated heterocycles. The normalized spacial score (nSPS) is 17.0. The summed E-state index contributed by atoms with van der Waals surface area (Å²) in [6, 6.07) is 31.3. The second-order valence-corrected chi connectivity index (χ2v) is 6.15. The average molecular weight is 324 g/mol. The SMILES string of the molecule is CC1=NC(c2ccccc2)N(c2ccccc2)C=C1c1ccccc1. The van der Waals surface area contributed by atoms with Gasteiger partial charge in [0, 0.05) is 23.2 Å². The van der Waals surface area contributed by atoms with E-state index in [4.69, 9.17) is 4.99 Å². The number of allylic oxidation sites excluding steroid dienone is 1. The topological polar surface area (TPSA) is 15.6 Å². The summed E-state index contributed by atoms with van der Waals surface area (Å²) in [6.45, 7) is 2.09. The van der Waals surface area contributed by atoms with Gasteiger partial charge in [-0.1, -0.05) is 78.9 Å². The number of para-hydroxylation sites is 1. The van der Waals surface area contributed by atoms with Crippen LogP contribution >= 0.6 is 0 Å². The van der Waals surface area contributed by atoms with Gasteiger partial charge in [0.15, 0.2) is 6.17 Å². The molecule has 0 bridgehead atoms. The van der Waals surface area contributed by atoms with Crippen LogP contribution in [0.4, 0.5) is 5.69 Å². The monoisotopic (exact) mass is 324 g/mol. The summed E-state index contributed by atoms with van der Waals surface area (Å²) in [5, 5.41) is 0. The van der Waals surface area contributed by atoms with Crippen molar-refractivity contribution in [3.63, 3.8) is 0 Å². The molecule has 1 heterocycles. The van der Waals surface area contributed by atoms with E-state index in [0.29, 0.717) is 0 Å². The summed E-state index contributed by atoms with van der Waals surface area (Å²) in [7, 11) is 0. The molecular formula is C23H20N2. The molecule has 2 heteroatoms. The third kappa shape index (κ3) is 3.11. The number of hydrogen-bond donors (Lipinski definition) is 0. The lowest BCUT2D eigenvalue weighted by Crippen LogP contribution is -2.27. The summed E-state index contributed by atoms with van der Waals surface area (Å²) in [5.74, 6) is 0. The number of hydrogen-bond acceptors (Lipinski definition) is 2. The lowest BCUT2D eigenvalue weighted by molar-refractivity contribution is 0.727. The van der Waals surface area contributed by atoms with Gasteiger partial charge in [0.05, 0.1) is 0 Å². The Morgan fingerprint density at radius 3 is 1.92 bits per heavy atom. The standard InChI is InChI=1S/C23H20N2/c1-18-22(19-11-5-2-6-12-19)17-25(21-15-9-4-10-16-21)23(24-18)20-13-7-3-8-14-20/h2-17,23H,1H3. The predicted molar refractivity (Wildman–Crippen MR) is 106 cm³/mol. The second-order valence-electron chi connectivity index (χ2n) is 6.15. The van der Waals surface area contributed by atoms with Crippen LogP contribution in [0.1, 0.15) is 24.2 Å². The summed E-state index contributed by atoms with van der Waals surface area (Å²) >= 11 is 0. The Kier molecular flexibility index (Phi) is 4.17. The molecule has 0 radical (unpaired) electrons. The van der Waals surface area contributed by atoms with Crippen molar-refractivity contribution in [2.24, 2.45) is 4.99 Å². The molecule has 1 unspecified atom stereocenters. The molecule has 1 aliphatic heterocycles. The zero-order valence-electron chi connectivity index (χ0n) is 14.2. The molecule has 25 heavy (non-hydrogen) atoms. The minimum absolute atomic E-state index is 0.0453. The molecule has 1 aliphatic rings. The average Bonchev–Trinajstić information content (AvgIpc) is 2.70. The molecule has 0 fully saturated rings. The molecule has 3 aromatic rings. The minimum atomic E-state index is -0.0453. The number of anilines is 1. The fourth-order valence-electron chi connectivity index (χ4n) is 3.20. The largest absolute Gasteiger partial charge is 0.321 e. The maximum absolute atomic E-state index is 5.04. The van der Waals surface area contributed by atoms with Gasteiger partial charge in [-0.25, -0.2) is 0 Å². The lowest BCUT2D eigenvalue weighted by atomic mass is 9.99. The predicted octanol–water partition coefficient (Wildman–Crippen LogP) is 5.71. The summed E-state index contributed by atoms with van der Waals surface area (Å²) in [4.78, 5) is 7.30. The van der Waals surface area contributed by atoms with E-state index in [1.807, 2.05) is 18.2 Å². The van der Waals surface area contributed by atoms with Crippen LogP contribution < -0.4 is 4.90 Å². The maximum Gasteiger partial charge on any atom is 0.151 e. The van der Waals surface area contributed by atoms with Crippen LogP contribution in [-0.2, 0) is 0 Å². The van der Waals surface area contributed by atoms with Crippen LogP contribution in [0.2, 0.25) is 0 Å². The highest BCUT2D eigenvalue weighted by atomic mass is 15.2. The Morgan fingerprint density at radius 1 is 0.720 bits per heavy atom. The first-order valence-corrected chi connectivity index (χ1v) is 8.53. The van der Waals surface area contributed by atoms with E-state index < -0.39 is 0 Å². The van der Waals surface area contributed by atoms with Crippen LogP contribution in [0, 0.1) is 0 Å². The van der Waals surface area contributed by atoms with E-state index in [1.54, 1.807) is 0 Å². The van der Waals surface area contributed by atoms with E-state index in [0.717, 1.165) is 17.0 Å². The van der Waals surface area contributed by atoms with Crippen LogP contribution in [0.15, 0.2) is 102 Å². The first kappa shape index (κ1) is 15.4. The summed E-state index contributed by atoms with van der Waals surface area (Å²) in [5.41, 5.74) is 5.75. The fourth-order valence-corrected chi connectivity index (χ4v) is 3.20. The van der Waals surface area contributed by atoms with E-state index in [9.17, 15) is 0 Å². The van der Waals surface area contributed by atoms with Crippen LogP contribution in [0.5, 0.6) is 0 Å². The quantitative estimate of drug-likeness (QED) is 0.602. The van der Waals surface area contributed by atoms with Gasteiger partial charge in [0.25, 0.3) is 0 Å². The van der Waals surface area contributed by atoms with E-state index >= 15 is 0 Å². The summed E-state index contributed by atoms with van der Waals surface area (Å²) in [6.07, 6.45) is 2.18. The molecule has 0 aromatic heterocycles. The lowest BCUT2D eigenvalue weighted by Gasteiger charge is -2.33. The molecule has 1 atom stereocenters. The first-order valence-electron chi connectivity index (χ1n) is 8.53. The maximum atomic E-state index is 5.04. The molecule has 0 spiro atoms. The van der Waals surface area contributed by atoms with Gasteiger partial charge < -0.3 is 4.90 Å². The molecule has 0 amide bonds. The molecule has 4 rings (SSSR count). The van der Waals surface area contributed by atoms with Gasteiger partial charge in [-0.3, -0.25) is 4.99 Å². The highest BCUT2D eigenvalue weighted by Gasteiger charge is 2.24. The highest BCUT2D eigenvalue weighted by molar-refractivity contribution is 6.23. The third-order valence-electron chi connectivity index (χ3n) is 4.47. The van der Waals surface area contributed by atoms with Gasteiger partial charge in [0.1, 0.15) is 0 Å². The van der Waals surface area contributed by atoms with Crippen LogP contribution in [-0.4, -0.2) is 5.71 Å². The van der Waals surface area contributed by atoms with E-state index in [-0.39, 0.29) is 6.17 Å². The molecule has 2 nitrogen and oxygen atoms in total. The third-order valence-corrected chi connectivity index (χ3v) is 4.47. The van der Waals surface area contributed by atoms with E-state index in [1.165, 1.54) is 11.1 Å². The smallest absolute Gasteiger partial charge is 0.151 e. The van der Waals surface area contributed by atoms with Crippen molar-refractivity contribution >= 4 is 17.0 Å². The van der Waals surface area contributed by atoms with Crippen LogP contribution in [0.25, 0.3) is 5.57 Å². The Morgan fingerprint density at radius 2 is 1.28 bits per heavy atom. The summed E-state index contributed by atoms with van der Waals surface area (Å²) < 4.78 is 0. The number of benzene rings is 3. The van der Waals surface area contributed by atoms with Crippen molar-refractivity contribution in [3.05, 3.63) is 108 Å². The van der Waals surface area contributed by atoms with Gasteiger partial charge in [0.2, 0.25) is 0 Å². The van der Waals surface area contributed by atoms with Gasteiger partial charge in [-0.15, -0.1) is 0 Å². The molecule has 0 N–H and O–H groups in total. The van der Waals surface area contributed by atoms with E-state index in [2.05, 4.69) is 90.8 Å². The zero-order valence-corrected chi connectivity index (χ0v) is 14.2. The van der Waals surface area contributed by atoms with Crippen molar-refractivity contribution in [1.29, 1.82) is 0 Å². The van der Waals surface area contributed by atoms with Crippen molar-refractivity contribution in [3.8, 4) is 0 Å². The molecular weight excluding hydrogens is 304 g/mol. The Hall–Kier alpha value is -3.13. The molecule has 3 aromatic carbocycles. The minimum Gasteiger partial charge on any atom is -0.321 e. The Labute approximate surface area is 148 Å². The number of aliphatic imine (C=N–C) groups is 1. The number of nitrogens with zero attached hydrogens (tertiary/aromatic N) is 2. The Balaban J connectivity index is 1.83. The molecule has 0 aliphatic carbocycles. The molecule has 0 saturated carbocycles. The van der Waals surface area contributed by atoms with Gasteiger partial charge >= 0.3 is 0 Å². The van der Waals surface area contributed by atoms with Crippen molar-refractivity contribution in [1.82, 2.24) is 0 Å². The highest BCUT2D eigenvalue weighted by Crippen LogP contribution is 2.35.